The zero-order valence-electron chi connectivity index (χ0n) is 15.7. The Morgan fingerprint density at radius 3 is 2.82 bits per heavy atom. The lowest BCUT2D eigenvalue weighted by molar-refractivity contribution is 0.0700. The zero-order chi connectivity index (χ0) is 18.9. The molecule has 2 aliphatic rings. The van der Waals surface area contributed by atoms with E-state index in [9.17, 15) is 4.79 Å². The average molecular weight is 381 g/mol. The molecule has 0 aliphatic carbocycles. The van der Waals surface area contributed by atoms with E-state index < -0.39 is 0 Å². The number of aromatic nitrogens is 4. The maximum atomic E-state index is 12.8. The van der Waals surface area contributed by atoms with Gasteiger partial charge in [-0.1, -0.05) is 17.3 Å². The smallest absolute Gasteiger partial charge is 0.276 e. The Morgan fingerprint density at radius 2 is 2.04 bits per heavy atom. The molecular weight excluding hydrogens is 358 g/mol. The van der Waals surface area contributed by atoms with Gasteiger partial charge >= 0.3 is 0 Å². The van der Waals surface area contributed by atoms with Crippen LogP contribution < -0.4 is 0 Å². The summed E-state index contributed by atoms with van der Waals surface area (Å²) in [7, 11) is 0. The molecule has 0 spiro atoms. The Bertz CT molecular complexity index is 934. The summed E-state index contributed by atoms with van der Waals surface area (Å²) in [6, 6.07) is 7.80. The summed E-state index contributed by atoms with van der Waals surface area (Å²) in [5, 5.41) is 8.17. The SMILES string of the molecule is O=C(c1cn(C[C@H]2CCCO2)nn1)N1CCC(c2nc3ccccc3o2)CC1. The average Bonchev–Trinajstić information content (AvgIpc) is 3.48. The molecule has 1 amide bonds. The largest absolute Gasteiger partial charge is 0.440 e. The van der Waals surface area contributed by atoms with Gasteiger partial charge in [0.05, 0.1) is 18.8 Å². The number of carbonyl (C=O) groups excluding carboxylic acids is 1. The van der Waals surface area contributed by atoms with Crippen LogP contribution in [-0.2, 0) is 11.3 Å². The van der Waals surface area contributed by atoms with E-state index in [4.69, 9.17) is 9.15 Å². The van der Waals surface area contributed by atoms with Crippen LogP contribution in [0, 0.1) is 0 Å². The third kappa shape index (κ3) is 3.40. The standard InChI is InChI=1S/C20H23N5O3/c26-20(17-13-25(23-22-17)12-15-4-3-11-27-15)24-9-7-14(8-10-24)19-21-16-5-1-2-6-18(16)28-19/h1-2,5-6,13-15H,3-4,7-12H2/t15-/m1/s1. The number of hydrogen-bond donors (Lipinski definition) is 0. The van der Waals surface area contributed by atoms with E-state index in [-0.39, 0.29) is 17.9 Å². The number of benzene rings is 1. The predicted octanol–water partition coefficient (Wildman–Crippen LogP) is 2.62. The van der Waals surface area contributed by atoms with Crippen molar-refractivity contribution in [2.24, 2.45) is 0 Å². The molecule has 28 heavy (non-hydrogen) atoms. The van der Waals surface area contributed by atoms with Crippen molar-refractivity contribution in [2.75, 3.05) is 19.7 Å². The van der Waals surface area contributed by atoms with Crippen LogP contribution in [0.4, 0.5) is 0 Å². The van der Waals surface area contributed by atoms with Crippen LogP contribution in [0.15, 0.2) is 34.9 Å². The number of ether oxygens (including phenoxy) is 1. The van der Waals surface area contributed by atoms with Gasteiger partial charge in [-0.25, -0.2) is 9.67 Å². The third-order valence-corrected chi connectivity index (χ3v) is 5.61. The molecule has 2 saturated heterocycles. The van der Waals surface area contributed by atoms with E-state index in [2.05, 4.69) is 15.3 Å². The fourth-order valence-corrected chi connectivity index (χ4v) is 4.04. The van der Waals surface area contributed by atoms with Gasteiger partial charge in [0.15, 0.2) is 17.2 Å². The summed E-state index contributed by atoms with van der Waals surface area (Å²) in [6.07, 6.45) is 5.70. The first-order chi connectivity index (χ1) is 13.8. The number of rotatable bonds is 4. The first kappa shape index (κ1) is 17.4. The molecular formula is C20H23N5O3. The maximum Gasteiger partial charge on any atom is 0.276 e. The molecule has 0 radical (unpaired) electrons. The topological polar surface area (TPSA) is 86.3 Å². The van der Waals surface area contributed by atoms with Gasteiger partial charge in [-0.2, -0.15) is 0 Å². The molecule has 2 aromatic heterocycles. The number of oxazole rings is 1. The van der Waals surface area contributed by atoms with E-state index in [0.717, 1.165) is 49.3 Å². The summed E-state index contributed by atoms with van der Waals surface area (Å²) in [4.78, 5) is 19.2. The first-order valence-corrected chi connectivity index (χ1v) is 9.93. The van der Waals surface area contributed by atoms with Gasteiger partial charge in [-0.05, 0) is 37.8 Å². The lowest BCUT2D eigenvalue weighted by atomic mass is 9.96. The number of piperidine rings is 1. The van der Waals surface area contributed by atoms with Crippen LogP contribution in [0.25, 0.3) is 11.1 Å². The fraction of sp³-hybridized carbons (Fsp3) is 0.500. The van der Waals surface area contributed by atoms with Gasteiger partial charge in [-0.15, -0.1) is 5.10 Å². The molecule has 8 heteroatoms. The quantitative estimate of drug-likeness (QED) is 0.690. The molecule has 146 valence electrons. The molecule has 2 aliphatic heterocycles. The minimum Gasteiger partial charge on any atom is -0.440 e. The van der Waals surface area contributed by atoms with Crippen LogP contribution in [0.3, 0.4) is 0 Å². The van der Waals surface area contributed by atoms with Crippen molar-refractivity contribution in [3.63, 3.8) is 0 Å². The van der Waals surface area contributed by atoms with Gasteiger partial charge in [-0.3, -0.25) is 4.79 Å². The Morgan fingerprint density at radius 1 is 1.18 bits per heavy atom. The molecule has 1 atom stereocenters. The van der Waals surface area contributed by atoms with E-state index in [1.54, 1.807) is 10.9 Å². The zero-order valence-corrected chi connectivity index (χ0v) is 15.7. The number of para-hydroxylation sites is 2. The maximum absolute atomic E-state index is 12.8. The Balaban J connectivity index is 1.20. The molecule has 8 nitrogen and oxygen atoms in total. The van der Waals surface area contributed by atoms with Crippen molar-refractivity contribution in [3.8, 4) is 0 Å². The Hall–Kier alpha value is -2.74. The van der Waals surface area contributed by atoms with Gasteiger partial charge < -0.3 is 14.1 Å². The second kappa shape index (κ2) is 7.35. The molecule has 5 rings (SSSR count). The summed E-state index contributed by atoms with van der Waals surface area (Å²) in [5.41, 5.74) is 2.11. The van der Waals surface area contributed by atoms with Crippen LogP contribution >= 0.6 is 0 Å². The van der Waals surface area contributed by atoms with Crippen molar-refractivity contribution in [1.29, 1.82) is 0 Å². The fourth-order valence-electron chi connectivity index (χ4n) is 4.04. The highest BCUT2D eigenvalue weighted by Crippen LogP contribution is 2.30. The minimum absolute atomic E-state index is 0.0606. The highest BCUT2D eigenvalue weighted by molar-refractivity contribution is 5.92. The number of fused-ring (bicyclic) bond motifs is 1. The molecule has 0 unspecified atom stereocenters. The summed E-state index contributed by atoms with van der Waals surface area (Å²) >= 11 is 0. The lowest BCUT2D eigenvalue weighted by Crippen LogP contribution is -2.38. The van der Waals surface area contributed by atoms with Gasteiger partial charge in [0.1, 0.15) is 5.52 Å². The van der Waals surface area contributed by atoms with Crippen molar-refractivity contribution < 1.29 is 13.9 Å². The van der Waals surface area contributed by atoms with Gasteiger partial charge in [0, 0.05) is 25.6 Å². The van der Waals surface area contributed by atoms with E-state index in [1.165, 1.54) is 0 Å². The molecule has 0 saturated carbocycles. The van der Waals surface area contributed by atoms with Crippen molar-refractivity contribution >= 4 is 17.0 Å². The van der Waals surface area contributed by atoms with Crippen molar-refractivity contribution in [3.05, 3.63) is 42.0 Å². The Kier molecular flexibility index (Phi) is 4.56. The number of hydrogen-bond acceptors (Lipinski definition) is 6. The van der Waals surface area contributed by atoms with Crippen LogP contribution in [0.2, 0.25) is 0 Å². The third-order valence-electron chi connectivity index (χ3n) is 5.61. The molecule has 1 aromatic carbocycles. The van der Waals surface area contributed by atoms with Crippen molar-refractivity contribution in [1.82, 2.24) is 24.9 Å². The molecule has 0 N–H and O–H groups in total. The number of nitrogens with zero attached hydrogens (tertiary/aromatic N) is 5. The second-order valence-corrected chi connectivity index (χ2v) is 7.55. The highest BCUT2D eigenvalue weighted by Gasteiger charge is 2.29. The van der Waals surface area contributed by atoms with Gasteiger partial charge in [0.25, 0.3) is 5.91 Å². The van der Waals surface area contributed by atoms with E-state index in [1.807, 2.05) is 29.2 Å². The Labute approximate surface area is 162 Å². The predicted molar refractivity (Wildman–Crippen MR) is 101 cm³/mol. The molecule has 2 fully saturated rings. The lowest BCUT2D eigenvalue weighted by Gasteiger charge is -2.29. The molecule has 3 aromatic rings. The summed E-state index contributed by atoms with van der Waals surface area (Å²) in [5.74, 6) is 0.956. The van der Waals surface area contributed by atoms with E-state index >= 15 is 0 Å². The van der Waals surface area contributed by atoms with Gasteiger partial charge in [0.2, 0.25) is 0 Å². The molecule has 4 heterocycles. The normalized spacial score (nSPS) is 20.9. The monoisotopic (exact) mass is 381 g/mol. The van der Waals surface area contributed by atoms with Crippen LogP contribution in [-0.4, -0.2) is 56.6 Å². The summed E-state index contributed by atoms with van der Waals surface area (Å²) in [6.45, 7) is 2.79. The van der Waals surface area contributed by atoms with E-state index in [0.29, 0.717) is 25.3 Å². The minimum atomic E-state index is -0.0606. The summed E-state index contributed by atoms with van der Waals surface area (Å²) < 4.78 is 13.2. The first-order valence-electron chi connectivity index (χ1n) is 9.93. The van der Waals surface area contributed by atoms with Crippen molar-refractivity contribution in [2.45, 2.75) is 44.2 Å². The number of likely N-dealkylation sites (tertiary alicyclic amines) is 1. The van der Waals surface area contributed by atoms with Crippen LogP contribution in [0.1, 0.15) is 48.0 Å². The number of carbonyl (C=O) groups is 1. The highest BCUT2D eigenvalue weighted by atomic mass is 16.5. The second-order valence-electron chi connectivity index (χ2n) is 7.55. The van der Waals surface area contributed by atoms with Crippen LogP contribution in [0.5, 0.6) is 0 Å². The molecule has 0 bridgehead atoms. The number of amides is 1.